The lowest BCUT2D eigenvalue weighted by atomic mass is 9.46. The van der Waals surface area contributed by atoms with E-state index in [2.05, 4.69) is 36.0 Å². The Morgan fingerprint density at radius 1 is 1.05 bits per heavy atom. The lowest BCUT2D eigenvalue weighted by Gasteiger charge is -2.66. The quantitative estimate of drug-likeness (QED) is 0.515. The molecule has 2 bridgehead atoms. The van der Waals surface area contributed by atoms with E-state index in [0.717, 1.165) is 69.5 Å². The molecule has 0 aromatic heterocycles. The Morgan fingerprint density at radius 3 is 2.49 bits per heavy atom. The van der Waals surface area contributed by atoms with Gasteiger partial charge in [0.05, 0.1) is 12.7 Å². The van der Waals surface area contributed by atoms with Gasteiger partial charge < -0.3 is 19.6 Å². The minimum Gasteiger partial charge on any atom is -0.497 e. The molecule has 3 saturated carbocycles. The van der Waals surface area contributed by atoms with Gasteiger partial charge in [0, 0.05) is 37.6 Å². The Morgan fingerprint density at radius 2 is 1.79 bits per heavy atom. The molecule has 3 amide bonds. The van der Waals surface area contributed by atoms with Crippen molar-refractivity contribution in [3.05, 3.63) is 29.3 Å². The molecule has 2 heterocycles. The molecule has 4 aliphatic carbocycles. The number of nitrogens with zero attached hydrogens (tertiary/aromatic N) is 4. The number of fused-ring (bicyclic) bond motifs is 1. The highest BCUT2D eigenvalue weighted by Crippen LogP contribution is 2.62. The van der Waals surface area contributed by atoms with Crippen molar-refractivity contribution >= 4 is 11.9 Å². The molecule has 1 spiro atoms. The first-order chi connectivity index (χ1) is 18.7. The van der Waals surface area contributed by atoms with Crippen LogP contribution in [0.2, 0.25) is 0 Å². The van der Waals surface area contributed by atoms with Crippen LogP contribution in [0, 0.1) is 11.8 Å². The van der Waals surface area contributed by atoms with Gasteiger partial charge in [0.2, 0.25) is 0 Å². The van der Waals surface area contributed by atoms with Gasteiger partial charge in [-0.05, 0) is 114 Å². The van der Waals surface area contributed by atoms with Crippen LogP contribution in [0.5, 0.6) is 5.75 Å². The maximum atomic E-state index is 14.4. The number of carbonyl (C=O) groups excluding carboxylic acids is 2. The summed E-state index contributed by atoms with van der Waals surface area (Å²) in [6.45, 7) is 3.96. The summed E-state index contributed by atoms with van der Waals surface area (Å²) in [6.07, 6.45) is 7.63. The fourth-order valence-electron chi connectivity index (χ4n) is 8.56. The predicted octanol–water partition coefficient (Wildman–Crippen LogP) is 2.86. The Bertz CT molecular complexity index is 1180. The van der Waals surface area contributed by atoms with E-state index in [1.807, 2.05) is 11.0 Å². The monoisotopic (exact) mass is 536 g/mol. The van der Waals surface area contributed by atoms with Crippen LogP contribution in [-0.4, -0.2) is 108 Å². The van der Waals surface area contributed by atoms with E-state index in [0.29, 0.717) is 44.2 Å². The van der Waals surface area contributed by atoms with E-state index in [1.165, 1.54) is 5.56 Å². The first-order valence-corrected chi connectivity index (χ1v) is 15.1. The summed E-state index contributed by atoms with van der Waals surface area (Å²) in [7, 11) is 5.89. The van der Waals surface area contributed by atoms with Crippen molar-refractivity contribution in [1.29, 1.82) is 0 Å². The van der Waals surface area contributed by atoms with Gasteiger partial charge in [-0.1, -0.05) is 6.07 Å². The highest BCUT2D eigenvalue weighted by atomic mass is 16.5. The highest BCUT2D eigenvalue weighted by molar-refractivity contribution is 6.07. The van der Waals surface area contributed by atoms with Gasteiger partial charge in [-0.15, -0.1) is 0 Å². The van der Waals surface area contributed by atoms with Crippen molar-refractivity contribution in [3.8, 4) is 5.75 Å². The Hall–Kier alpha value is -2.16. The molecule has 212 valence electrons. The number of rotatable bonds is 8. The van der Waals surface area contributed by atoms with Crippen LogP contribution in [-0.2, 0) is 16.6 Å². The Labute approximate surface area is 232 Å². The van der Waals surface area contributed by atoms with E-state index >= 15 is 0 Å². The number of likely N-dealkylation sites (N-methyl/N-ethyl adjacent to an activating group) is 1. The van der Waals surface area contributed by atoms with Crippen molar-refractivity contribution in [2.75, 3.05) is 53.9 Å². The van der Waals surface area contributed by atoms with Crippen LogP contribution in [0.15, 0.2) is 18.2 Å². The maximum absolute atomic E-state index is 14.4. The molecule has 1 aromatic rings. The van der Waals surface area contributed by atoms with Gasteiger partial charge in [-0.25, -0.2) is 4.79 Å². The number of piperidine rings is 1. The zero-order chi connectivity index (χ0) is 27.2. The summed E-state index contributed by atoms with van der Waals surface area (Å²) in [6, 6.07) is 6.24. The van der Waals surface area contributed by atoms with Crippen LogP contribution >= 0.6 is 0 Å². The lowest BCUT2D eigenvalue weighted by Crippen LogP contribution is -2.76. The second-order valence-electron chi connectivity index (χ2n) is 13.7. The van der Waals surface area contributed by atoms with Gasteiger partial charge in [0.15, 0.2) is 0 Å². The summed E-state index contributed by atoms with van der Waals surface area (Å²) >= 11 is 0. The summed E-state index contributed by atoms with van der Waals surface area (Å²) in [4.78, 5) is 36.6. The number of hydrogen-bond donors (Lipinski definition) is 1. The predicted molar refractivity (Wildman–Crippen MR) is 148 cm³/mol. The van der Waals surface area contributed by atoms with Crippen molar-refractivity contribution in [3.63, 3.8) is 0 Å². The number of likely N-dealkylation sites (tertiary alicyclic amines) is 1. The van der Waals surface area contributed by atoms with Gasteiger partial charge in [0.25, 0.3) is 5.91 Å². The number of urea groups is 1. The number of imide groups is 1. The van der Waals surface area contributed by atoms with E-state index < -0.39 is 16.6 Å². The van der Waals surface area contributed by atoms with E-state index in [1.54, 1.807) is 12.0 Å². The number of benzene rings is 1. The fraction of sp³-hybridized carbons (Fsp3) is 0.742. The third kappa shape index (κ3) is 3.81. The number of ether oxygens (including phenoxy) is 1. The molecule has 7 rings (SSSR count). The van der Waals surface area contributed by atoms with Gasteiger partial charge in [0.1, 0.15) is 11.3 Å². The molecule has 0 radical (unpaired) electrons. The van der Waals surface area contributed by atoms with E-state index in [-0.39, 0.29) is 18.0 Å². The highest BCUT2D eigenvalue weighted by Gasteiger charge is 2.72. The number of aliphatic hydroxyl groups is 1. The number of carbonyl (C=O) groups is 2. The molecule has 4 unspecified atom stereocenters. The van der Waals surface area contributed by atoms with Crippen molar-refractivity contribution in [1.82, 2.24) is 19.6 Å². The fourth-order valence-corrected chi connectivity index (χ4v) is 8.56. The molecule has 39 heavy (non-hydrogen) atoms. The third-order valence-corrected chi connectivity index (χ3v) is 11.1. The first-order valence-electron chi connectivity index (χ1n) is 15.1. The molecule has 4 atom stereocenters. The third-order valence-electron chi connectivity index (χ3n) is 11.1. The molecule has 8 heteroatoms. The smallest absolute Gasteiger partial charge is 0.327 e. The maximum Gasteiger partial charge on any atom is 0.327 e. The van der Waals surface area contributed by atoms with E-state index in [9.17, 15) is 14.7 Å². The SMILES string of the molecule is COc1ccc2c(c1)C13CCN(CCN(C)C)C(C2)C1(O)CCC1(C3)C(=O)N(CC2CC2)C(=O)N1CC1CC1. The average molecular weight is 537 g/mol. The zero-order valence-corrected chi connectivity index (χ0v) is 23.8. The molecular weight excluding hydrogens is 492 g/mol. The van der Waals surface area contributed by atoms with Crippen molar-refractivity contribution in [2.24, 2.45) is 11.8 Å². The molecule has 5 fully saturated rings. The second kappa shape index (κ2) is 8.92. The summed E-state index contributed by atoms with van der Waals surface area (Å²) in [5.41, 5.74) is -0.0354. The largest absolute Gasteiger partial charge is 0.497 e. The molecule has 2 saturated heterocycles. The number of methoxy groups -OCH3 is 1. The van der Waals surface area contributed by atoms with Crippen LogP contribution in [0.1, 0.15) is 62.5 Å². The van der Waals surface area contributed by atoms with Crippen LogP contribution in [0.3, 0.4) is 0 Å². The summed E-state index contributed by atoms with van der Waals surface area (Å²) < 4.78 is 5.68. The molecule has 6 aliphatic rings. The lowest BCUT2D eigenvalue weighted by molar-refractivity contribution is -0.188. The van der Waals surface area contributed by atoms with Gasteiger partial charge in [-0.3, -0.25) is 14.6 Å². The standard InChI is InChI=1S/C31H44N4O4/c1-32(2)14-15-33-13-12-29-20-30(27(36)34(18-21-4-5-21)28(37)35(30)19-22-6-7-22)10-11-31(29,38)26(33)16-23-8-9-24(39-3)17-25(23)29/h8-9,17,21-22,26,38H,4-7,10-16,18-20H2,1-3H3. The Kier molecular flexibility index (Phi) is 5.90. The van der Waals surface area contributed by atoms with Crippen LogP contribution in [0.4, 0.5) is 4.79 Å². The normalized spacial score (nSPS) is 36.1. The van der Waals surface area contributed by atoms with Crippen LogP contribution < -0.4 is 4.74 Å². The van der Waals surface area contributed by atoms with E-state index in [4.69, 9.17) is 4.74 Å². The van der Waals surface area contributed by atoms with Crippen molar-refractivity contribution in [2.45, 2.75) is 80.4 Å². The first kappa shape index (κ1) is 25.8. The van der Waals surface area contributed by atoms with Gasteiger partial charge in [-0.2, -0.15) is 0 Å². The minimum absolute atomic E-state index is 0.00178. The minimum atomic E-state index is -0.958. The van der Waals surface area contributed by atoms with Crippen molar-refractivity contribution < 1.29 is 19.4 Å². The molecule has 1 aromatic carbocycles. The Balaban J connectivity index is 1.33. The second-order valence-corrected chi connectivity index (χ2v) is 13.7. The molecular formula is C31H44N4O4. The molecule has 2 aliphatic heterocycles. The average Bonchev–Trinajstić information content (AvgIpc) is 3.84. The molecule has 8 nitrogen and oxygen atoms in total. The van der Waals surface area contributed by atoms with Gasteiger partial charge >= 0.3 is 6.03 Å². The molecule has 1 N–H and O–H groups in total. The summed E-state index contributed by atoms with van der Waals surface area (Å²) in [5.74, 6) is 1.74. The summed E-state index contributed by atoms with van der Waals surface area (Å²) in [5, 5.41) is 12.9. The number of hydrogen-bond acceptors (Lipinski definition) is 6. The topological polar surface area (TPSA) is 76.6 Å². The number of amides is 3. The van der Waals surface area contributed by atoms with Crippen LogP contribution in [0.25, 0.3) is 0 Å². The zero-order valence-electron chi connectivity index (χ0n) is 23.8.